The molecule has 1 aromatic carbocycles. The van der Waals surface area contributed by atoms with Crippen molar-refractivity contribution in [2.24, 2.45) is 5.92 Å². The molecule has 0 saturated heterocycles. The van der Waals surface area contributed by atoms with Crippen molar-refractivity contribution in [3.8, 4) is 0 Å². The highest BCUT2D eigenvalue weighted by Gasteiger charge is 2.13. The fourth-order valence-electron chi connectivity index (χ4n) is 1.64. The SMILES string of the molecule is CNS(=O)(=O)c1ccc(C(=O)NCC(C)CC(=O)O)cc1. The monoisotopic (exact) mass is 314 g/mol. The molecule has 7 nitrogen and oxygen atoms in total. The first-order valence-electron chi connectivity index (χ1n) is 6.30. The Morgan fingerprint density at radius 2 is 1.81 bits per heavy atom. The van der Waals surface area contributed by atoms with E-state index in [0.29, 0.717) is 5.56 Å². The first-order valence-corrected chi connectivity index (χ1v) is 7.78. The van der Waals surface area contributed by atoms with Crippen LogP contribution in [0.4, 0.5) is 0 Å². The number of carboxylic acids is 1. The van der Waals surface area contributed by atoms with Gasteiger partial charge in [0.05, 0.1) is 4.90 Å². The van der Waals surface area contributed by atoms with Gasteiger partial charge in [0.2, 0.25) is 10.0 Å². The van der Waals surface area contributed by atoms with Crippen molar-refractivity contribution in [2.75, 3.05) is 13.6 Å². The Morgan fingerprint density at radius 3 is 2.29 bits per heavy atom. The molecule has 0 aliphatic rings. The highest BCUT2D eigenvalue weighted by Crippen LogP contribution is 2.10. The van der Waals surface area contributed by atoms with Gasteiger partial charge in [0, 0.05) is 18.5 Å². The molecule has 8 heteroatoms. The molecule has 0 bridgehead atoms. The summed E-state index contributed by atoms with van der Waals surface area (Å²) in [4.78, 5) is 22.4. The van der Waals surface area contributed by atoms with Gasteiger partial charge in [0.1, 0.15) is 0 Å². The quantitative estimate of drug-likeness (QED) is 0.676. The third-order valence-corrected chi connectivity index (χ3v) is 4.26. The summed E-state index contributed by atoms with van der Waals surface area (Å²) in [6.45, 7) is 1.96. The van der Waals surface area contributed by atoms with E-state index in [2.05, 4.69) is 10.0 Å². The summed E-state index contributed by atoms with van der Waals surface area (Å²) in [5, 5.41) is 11.2. The highest BCUT2D eigenvalue weighted by atomic mass is 32.2. The van der Waals surface area contributed by atoms with Gasteiger partial charge >= 0.3 is 5.97 Å². The van der Waals surface area contributed by atoms with Crippen molar-refractivity contribution in [2.45, 2.75) is 18.2 Å². The van der Waals surface area contributed by atoms with Gasteiger partial charge in [-0.1, -0.05) is 6.92 Å². The fourth-order valence-corrected chi connectivity index (χ4v) is 2.37. The number of sulfonamides is 1. The maximum atomic E-state index is 11.8. The standard InChI is InChI=1S/C13H18N2O5S/c1-9(7-12(16)17)8-15-13(18)10-3-5-11(6-4-10)21(19,20)14-2/h3-6,9,14H,7-8H2,1-2H3,(H,15,18)(H,16,17). The second kappa shape index (κ2) is 7.19. The van der Waals surface area contributed by atoms with Gasteiger partial charge in [-0.3, -0.25) is 9.59 Å². The summed E-state index contributed by atoms with van der Waals surface area (Å²) in [6.07, 6.45) is -0.0281. The number of carbonyl (C=O) groups is 2. The lowest BCUT2D eigenvalue weighted by Gasteiger charge is -2.10. The maximum absolute atomic E-state index is 11.8. The second-order valence-corrected chi connectivity index (χ2v) is 6.53. The highest BCUT2D eigenvalue weighted by molar-refractivity contribution is 7.89. The van der Waals surface area contributed by atoms with E-state index in [-0.39, 0.29) is 29.7 Å². The summed E-state index contributed by atoms with van der Waals surface area (Å²) >= 11 is 0. The lowest BCUT2D eigenvalue weighted by atomic mass is 10.1. The summed E-state index contributed by atoms with van der Waals surface area (Å²) in [5.74, 6) is -1.48. The molecule has 116 valence electrons. The molecule has 0 saturated carbocycles. The van der Waals surface area contributed by atoms with E-state index in [0.717, 1.165) is 0 Å². The largest absolute Gasteiger partial charge is 0.481 e. The van der Waals surface area contributed by atoms with Crippen LogP contribution in [0.25, 0.3) is 0 Å². The number of benzene rings is 1. The van der Waals surface area contributed by atoms with Crippen LogP contribution in [0.15, 0.2) is 29.2 Å². The molecule has 0 aromatic heterocycles. The van der Waals surface area contributed by atoms with Crippen LogP contribution in [0.2, 0.25) is 0 Å². The summed E-state index contributed by atoms with van der Waals surface area (Å²) < 4.78 is 25.2. The Hall–Kier alpha value is -1.93. The first-order chi connectivity index (χ1) is 9.76. The van der Waals surface area contributed by atoms with Gasteiger partial charge in [-0.05, 0) is 37.2 Å². The topological polar surface area (TPSA) is 113 Å². The third kappa shape index (κ3) is 5.16. The van der Waals surface area contributed by atoms with Crippen LogP contribution < -0.4 is 10.0 Å². The van der Waals surface area contributed by atoms with Crippen molar-refractivity contribution < 1.29 is 23.1 Å². The van der Waals surface area contributed by atoms with Crippen LogP contribution in [0.1, 0.15) is 23.7 Å². The second-order valence-electron chi connectivity index (χ2n) is 4.64. The van der Waals surface area contributed by atoms with Crippen molar-refractivity contribution in [1.82, 2.24) is 10.0 Å². The zero-order valence-electron chi connectivity index (χ0n) is 11.8. The zero-order chi connectivity index (χ0) is 16.0. The minimum absolute atomic E-state index is 0.0281. The third-order valence-electron chi connectivity index (χ3n) is 2.83. The molecule has 3 N–H and O–H groups in total. The molecule has 1 amide bonds. The Labute approximate surface area is 123 Å². The summed E-state index contributed by atoms with van der Waals surface area (Å²) in [5.41, 5.74) is 0.313. The van der Waals surface area contributed by atoms with Gasteiger partial charge in [-0.2, -0.15) is 0 Å². The van der Waals surface area contributed by atoms with Crippen molar-refractivity contribution in [3.05, 3.63) is 29.8 Å². The minimum atomic E-state index is -3.53. The number of nitrogens with one attached hydrogen (secondary N) is 2. The molecule has 0 radical (unpaired) electrons. The van der Waals surface area contributed by atoms with Crippen molar-refractivity contribution in [1.29, 1.82) is 0 Å². The fraction of sp³-hybridized carbons (Fsp3) is 0.385. The summed E-state index contributed by atoms with van der Waals surface area (Å²) in [6, 6.07) is 5.48. The normalized spacial score (nSPS) is 12.7. The molecule has 0 aliphatic carbocycles. The number of hydrogen-bond donors (Lipinski definition) is 3. The van der Waals surface area contributed by atoms with Crippen molar-refractivity contribution >= 4 is 21.9 Å². The molecular weight excluding hydrogens is 296 g/mol. The number of amides is 1. The van der Waals surface area contributed by atoms with Gasteiger partial charge in [0.25, 0.3) is 5.91 Å². The van der Waals surface area contributed by atoms with Gasteiger partial charge in [-0.15, -0.1) is 0 Å². The van der Waals surface area contributed by atoms with Crippen LogP contribution in [0, 0.1) is 5.92 Å². The lowest BCUT2D eigenvalue weighted by molar-refractivity contribution is -0.137. The number of carbonyl (C=O) groups excluding carboxylic acids is 1. The summed E-state index contributed by atoms with van der Waals surface area (Å²) in [7, 11) is -2.22. The van der Waals surface area contributed by atoms with E-state index in [1.54, 1.807) is 6.92 Å². The van der Waals surface area contributed by atoms with Crippen LogP contribution in [-0.4, -0.2) is 39.0 Å². The minimum Gasteiger partial charge on any atom is -0.481 e. The van der Waals surface area contributed by atoms with Crippen LogP contribution in [-0.2, 0) is 14.8 Å². The maximum Gasteiger partial charge on any atom is 0.303 e. The molecule has 1 aromatic rings. The molecule has 21 heavy (non-hydrogen) atoms. The molecule has 0 heterocycles. The van der Waals surface area contributed by atoms with Crippen LogP contribution >= 0.6 is 0 Å². The van der Waals surface area contributed by atoms with Crippen LogP contribution in [0.5, 0.6) is 0 Å². The molecule has 0 aliphatic heterocycles. The Kier molecular flexibility index (Phi) is 5.86. The van der Waals surface area contributed by atoms with Gasteiger partial charge in [-0.25, -0.2) is 13.1 Å². The van der Waals surface area contributed by atoms with E-state index >= 15 is 0 Å². The number of carboxylic acid groups (broad SMARTS) is 1. The first kappa shape index (κ1) is 17.1. The Balaban J connectivity index is 2.66. The Bertz CT molecular complexity index is 610. The van der Waals surface area contributed by atoms with Gasteiger partial charge < -0.3 is 10.4 Å². The predicted octanol–water partition coefficient (Wildman–Crippen LogP) is 0.435. The predicted molar refractivity (Wildman–Crippen MR) is 76.4 cm³/mol. The van der Waals surface area contributed by atoms with E-state index in [1.807, 2.05) is 0 Å². The molecule has 1 atom stereocenters. The van der Waals surface area contributed by atoms with E-state index in [9.17, 15) is 18.0 Å². The number of rotatable bonds is 7. The average molecular weight is 314 g/mol. The molecule has 1 unspecified atom stereocenters. The molecule has 0 spiro atoms. The lowest BCUT2D eigenvalue weighted by Crippen LogP contribution is -2.29. The smallest absolute Gasteiger partial charge is 0.303 e. The number of aliphatic carboxylic acids is 1. The Morgan fingerprint density at radius 1 is 1.24 bits per heavy atom. The van der Waals surface area contributed by atoms with E-state index in [4.69, 9.17) is 5.11 Å². The molecule has 1 rings (SSSR count). The van der Waals surface area contributed by atoms with Crippen LogP contribution in [0.3, 0.4) is 0 Å². The average Bonchev–Trinajstić information content (AvgIpc) is 2.44. The van der Waals surface area contributed by atoms with E-state index in [1.165, 1.54) is 31.3 Å². The molecular formula is C13H18N2O5S. The molecule has 0 fully saturated rings. The zero-order valence-corrected chi connectivity index (χ0v) is 12.6. The van der Waals surface area contributed by atoms with Gasteiger partial charge in [0.15, 0.2) is 0 Å². The van der Waals surface area contributed by atoms with Crippen molar-refractivity contribution in [3.63, 3.8) is 0 Å². The van der Waals surface area contributed by atoms with E-state index < -0.39 is 16.0 Å². The number of hydrogen-bond acceptors (Lipinski definition) is 4.